The summed E-state index contributed by atoms with van der Waals surface area (Å²) in [6.07, 6.45) is 2.03. The Hall–Kier alpha value is -1.39. The van der Waals surface area contributed by atoms with Crippen molar-refractivity contribution in [1.29, 1.82) is 0 Å². The van der Waals surface area contributed by atoms with Gasteiger partial charge >= 0.3 is 0 Å². The quantitative estimate of drug-likeness (QED) is 0.818. The first-order valence-electron chi connectivity index (χ1n) is 6.96. The minimum atomic E-state index is -0.00257. The lowest BCUT2D eigenvalue weighted by atomic mass is 10.1. The van der Waals surface area contributed by atoms with Crippen molar-refractivity contribution in [3.05, 3.63) is 35.4 Å². The van der Waals surface area contributed by atoms with Gasteiger partial charge < -0.3 is 15.4 Å². The zero-order valence-corrected chi connectivity index (χ0v) is 11.4. The second-order valence-electron chi connectivity index (χ2n) is 4.82. The van der Waals surface area contributed by atoms with Crippen LogP contribution in [-0.2, 0) is 22.7 Å². The van der Waals surface area contributed by atoms with Gasteiger partial charge in [-0.25, -0.2) is 0 Å². The van der Waals surface area contributed by atoms with Crippen LogP contribution in [0.15, 0.2) is 24.3 Å². The number of hydrogen-bond acceptors (Lipinski definition) is 3. The minimum absolute atomic E-state index is 0.00257. The topological polar surface area (TPSA) is 50.4 Å². The molecule has 1 fully saturated rings. The van der Waals surface area contributed by atoms with Crippen LogP contribution in [-0.4, -0.2) is 25.1 Å². The summed E-state index contributed by atoms with van der Waals surface area (Å²) in [7, 11) is 0. The van der Waals surface area contributed by atoms with Gasteiger partial charge in [0, 0.05) is 13.2 Å². The Labute approximate surface area is 114 Å². The van der Waals surface area contributed by atoms with E-state index in [1.54, 1.807) is 0 Å². The predicted octanol–water partition coefficient (Wildman–Crippen LogP) is 1.59. The lowest BCUT2D eigenvalue weighted by Crippen LogP contribution is -2.39. The normalized spacial score (nSPS) is 18.5. The fourth-order valence-electron chi connectivity index (χ4n) is 2.19. The van der Waals surface area contributed by atoms with E-state index in [0.29, 0.717) is 13.2 Å². The van der Waals surface area contributed by atoms with Crippen molar-refractivity contribution in [2.24, 2.45) is 0 Å². The fourth-order valence-corrected chi connectivity index (χ4v) is 2.19. The van der Waals surface area contributed by atoms with Crippen molar-refractivity contribution in [3.8, 4) is 0 Å². The van der Waals surface area contributed by atoms with Gasteiger partial charge in [0.2, 0.25) is 5.91 Å². The largest absolute Gasteiger partial charge is 0.377 e. The molecule has 19 heavy (non-hydrogen) atoms. The third kappa shape index (κ3) is 4.33. The highest BCUT2D eigenvalue weighted by atomic mass is 16.5. The first kappa shape index (κ1) is 14.0. The Bertz CT molecular complexity index is 397. The zero-order valence-electron chi connectivity index (χ0n) is 11.4. The number of ether oxygens (including phenoxy) is 1. The van der Waals surface area contributed by atoms with E-state index in [2.05, 4.69) is 10.6 Å². The zero-order chi connectivity index (χ0) is 13.5. The first-order valence-corrected chi connectivity index (χ1v) is 6.96. The van der Waals surface area contributed by atoms with Gasteiger partial charge in [-0.2, -0.15) is 0 Å². The molecule has 0 spiro atoms. The van der Waals surface area contributed by atoms with E-state index < -0.39 is 0 Å². The van der Waals surface area contributed by atoms with Crippen molar-refractivity contribution in [2.75, 3.05) is 13.2 Å². The van der Waals surface area contributed by atoms with E-state index in [1.165, 1.54) is 0 Å². The van der Waals surface area contributed by atoms with Crippen LogP contribution in [0.3, 0.4) is 0 Å². The van der Waals surface area contributed by atoms with E-state index in [-0.39, 0.29) is 11.9 Å². The predicted molar refractivity (Wildman–Crippen MR) is 74.6 cm³/mol. The molecule has 1 heterocycles. The van der Waals surface area contributed by atoms with Crippen LogP contribution in [0.1, 0.15) is 30.9 Å². The number of rotatable bonds is 6. The standard InChI is InChI=1S/C15H22N2O2/c1-2-19-11-13-7-5-12(6-8-13)10-17-15(18)14-4-3-9-16-14/h5-8,14,16H,2-4,9-11H2,1H3,(H,17,18). The highest BCUT2D eigenvalue weighted by Gasteiger charge is 2.21. The average molecular weight is 262 g/mol. The number of benzene rings is 1. The molecule has 2 N–H and O–H groups in total. The molecular formula is C15H22N2O2. The third-order valence-corrected chi connectivity index (χ3v) is 3.34. The Morgan fingerprint density at radius 2 is 2.11 bits per heavy atom. The highest BCUT2D eigenvalue weighted by Crippen LogP contribution is 2.07. The van der Waals surface area contributed by atoms with Crippen molar-refractivity contribution in [2.45, 2.75) is 39.0 Å². The summed E-state index contributed by atoms with van der Waals surface area (Å²) in [6, 6.07) is 8.17. The number of carbonyl (C=O) groups excluding carboxylic acids is 1. The molecule has 1 amide bonds. The van der Waals surface area contributed by atoms with E-state index in [1.807, 2.05) is 31.2 Å². The Kier molecular flexibility index (Phi) is 5.36. The Morgan fingerprint density at radius 1 is 1.37 bits per heavy atom. The molecule has 4 heteroatoms. The van der Waals surface area contributed by atoms with Gasteiger partial charge in [0.25, 0.3) is 0 Å². The summed E-state index contributed by atoms with van der Waals surface area (Å²) in [5, 5.41) is 6.17. The smallest absolute Gasteiger partial charge is 0.237 e. The molecular weight excluding hydrogens is 240 g/mol. The van der Waals surface area contributed by atoms with Crippen LogP contribution in [0.5, 0.6) is 0 Å². The molecule has 104 valence electrons. The van der Waals surface area contributed by atoms with Crippen LogP contribution in [0.2, 0.25) is 0 Å². The van der Waals surface area contributed by atoms with Gasteiger partial charge in [-0.15, -0.1) is 0 Å². The number of nitrogens with one attached hydrogen (secondary N) is 2. The summed E-state index contributed by atoms with van der Waals surface area (Å²) in [5.74, 6) is 0.107. The molecule has 4 nitrogen and oxygen atoms in total. The monoisotopic (exact) mass is 262 g/mol. The van der Waals surface area contributed by atoms with E-state index in [9.17, 15) is 4.79 Å². The van der Waals surface area contributed by atoms with E-state index in [4.69, 9.17) is 4.74 Å². The van der Waals surface area contributed by atoms with Crippen LogP contribution >= 0.6 is 0 Å². The summed E-state index contributed by atoms with van der Waals surface area (Å²) in [4.78, 5) is 11.8. The molecule has 1 aliphatic heterocycles. The van der Waals surface area contributed by atoms with Crippen LogP contribution < -0.4 is 10.6 Å². The summed E-state index contributed by atoms with van der Waals surface area (Å²) >= 11 is 0. The molecule has 1 saturated heterocycles. The highest BCUT2D eigenvalue weighted by molar-refractivity contribution is 5.81. The van der Waals surface area contributed by atoms with Gasteiger partial charge in [0.15, 0.2) is 0 Å². The maximum Gasteiger partial charge on any atom is 0.237 e. The van der Waals surface area contributed by atoms with Gasteiger partial charge in [0.1, 0.15) is 0 Å². The second-order valence-corrected chi connectivity index (χ2v) is 4.82. The lowest BCUT2D eigenvalue weighted by molar-refractivity contribution is -0.122. The number of carbonyl (C=O) groups is 1. The van der Waals surface area contributed by atoms with Crippen LogP contribution in [0.25, 0.3) is 0 Å². The van der Waals surface area contributed by atoms with Crippen molar-refractivity contribution < 1.29 is 9.53 Å². The minimum Gasteiger partial charge on any atom is -0.377 e. The van der Waals surface area contributed by atoms with Crippen LogP contribution in [0.4, 0.5) is 0 Å². The molecule has 1 aromatic carbocycles. The molecule has 0 aromatic heterocycles. The molecule has 1 aromatic rings. The second kappa shape index (κ2) is 7.26. The summed E-state index contributed by atoms with van der Waals surface area (Å²) in [5.41, 5.74) is 2.28. The molecule has 0 bridgehead atoms. The molecule has 1 aliphatic rings. The van der Waals surface area contributed by atoms with Gasteiger partial charge in [-0.1, -0.05) is 24.3 Å². The fraction of sp³-hybridized carbons (Fsp3) is 0.533. The average Bonchev–Trinajstić information content (AvgIpc) is 2.98. The van der Waals surface area contributed by atoms with Gasteiger partial charge in [-0.3, -0.25) is 4.79 Å². The number of hydrogen-bond donors (Lipinski definition) is 2. The maximum absolute atomic E-state index is 11.8. The van der Waals surface area contributed by atoms with E-state index in [0.717, 1.165) is 37.1 Å². The SMILES string of the molecule is CCOCc1ccc(CNC(=O)C2CCCN2)cc1. The van der Waals surface area contributed by atoms with E-state index >= 15 is 0 Å². The van der Waals surface area contributed by atoms with Gasteiger partial charge in [-0.05, 0) is 37.4 Å². The Morgan fingerprint density at radius 3 is 2.74 bits per heavy atom. The summed E-state index contributed by atoms with van der Waals surface area (Å²) in [6.45, 7) is 4.90. The maximum atomic E-state index is 11.8. The lowest BCUT2D eigenvalue weighted by Gasteiger charge is -2.11. The Balaban J connectivity index is 1.77. The number of amides is 1. The molecule has 2 rings (SSSR count). The van der Waals surface area contributed by atoms with Crippen molar-refractivity contribution in [1.82, 2.24) is 10.6 Å². The molecule has 0 aliphatic carbocycles. The van der Waals surface area contributed by atoms with Gasteiger partial charge in [0.05, 0.1) is 12.6 Å². The van der Waals surface area contributed by atoms with Crippen molar-refractivity contribution >= 4 is 5.91 Å². The van der Waals surface area contributed by atoms with Crippen LogP contribution in [0, 0.1) is 0 Å². The molecule has 0 radical (unpaired) electrons. The molecule has 1 unspecified atom stereocenters. The van der Waals surface area contributed by atoms with Crippen molar-refractivity contribution in [3.63, 3.8) is 0 Å². The summed E-state index contributed by atoms with van der Waals surface area (Å²) < 4.78 is 5.35. The first-order chi connectivity index (χ1) is 9.29. The molecule has 0 saturated carbocycles. The molecule has 1 atom stereocenters. The third-order valence-electron chi connectivity index (χ3n) is 3.34.